The smallest absolute Gasteiger partial charge is 0.104 e. The average Bonchev–Trinajstić information content (AvgIpc) is 2.28. The highest BCUT2D eigenvalue weighted by Crippen LogP contribution is 2.34. The first-order chi connectivity index (χ1) is 6.67. The Labute approximate surface area is 90.1 Å². The Hall–Kier alpha value is -0.240. The van der Waals surface area contributed by atoms with E-state index in [1.165, 1.54) is 0 Å². The molecule has 0 spiro atoms. The second-order valence-corrected chi connectivity index (χ2v) is 5.07. The van der Waals surface area contributed by atoms with Gasteiger partial charge in [0.1, 0.15) is 4.75 Å². The molecule has 1 aliphatic rings. The molecule has 80 valence electrons. The third kappa shape index (κ3) is 2.41. The number of piperidine rings is 1. The van der Waals surface area contributed by atoms with Crippen molar-refractivity contribution in [2.24, 2.45) is 0 Å². The molecule has 14 heavy (non-hydrogen) atoms. The van der Waals surface area contributed by atoms with E-state index in [4.69, 9.17) is 10.4 Å². The highest BCUT2D eigenvalue weighted by atomic mass is 32.2. The molecule has 1 N–H and O–H groups in total. The van der Waals surface area contributed by atoms with Crippen LogP contribution < -0.4 is 0 Å². The van der Waals surface area contributed by atoms with Crippen molar-refractivity contribution >= 4 is 11.8 Å². The van der Waals surface area contributed by atoms with Crippen LogP contribution in [0.4, 0.5) is 0 Å². The molecule has 0 aliphatic carbocycles. The Balaban J connectivity index is 2.49. The van der Waals surface area contributed by atoms with E-state index in [0.29, 0.717) is 0 Å². The fourth-order valence-corrected chi connectivity index (χ4v) is 2.49. The van der Waals surface area contributed by atoms with E-state index in [9.17, 15) is 0 Å². The average molecular weight is 214 g/mol. The molecule has 3 nitrogen and oxygen atoms in total. The number of hydrogen-bond acceptors (Lipinski definition) is 4. The third-order valence-corrected chi connectivity index (χ3v) is 4.37. The molecule has 0 aromatic heterocycles. The molecule has 1 fully saturated rings. The Morgan fingerprint density at radius 3 is 2.50 bits per heavy atom. The van der Waals surface area contributed by atoms with Gasteiger partial charge in [0.2, 0.25) is 0 Å². The lowest BCUT2D eigenvalue weighted by molar-refractivity contribution is 0.110. The standard InChI is InChI=1S/C10H18N2OS/c1-9(7-13)12-5-3-10(8-11,14-2)4-6-12/h9,13H,3-7H2,1-2H3. The topological polar surface area (TPSA) is 47.3 Å². The molecule has 1 saturated heterocycles. The SMILES string of the molecule is CSC1(C#N)CCN(C(C)CO)CC1. The van der Waals surface area contributed by atoms with Crippen molar-refractivity contribution in [1.82, 2.24) is 4.90 Å². The lowest BCUT2D eigenvalue weighted by Gasteiger charge is -2.38. The molecule has 0 aromatic carbocycles. The Bertz CT molecular complexity index is 219. The van der Waals surface area contributed by atoms with Gasteiger partial charge < -0.3 is 5.11 Å². The molecule has 0 aromatic rings. The maximum absolute atomic E-state index is 9.08. The number of rotatable bonds is 3. The summed E-state index contributed by atoms with van der Waals surface area (Å²) < 4.78 is -0.175. The van der Waals surface area contributed by atoms with Crippen molar-refractivity contribution in [3.63, 3.8) is 0 Å². The summed E-state index contributed by atoms with van der Waals surface area (Å²) >= 11 is 1.66. The van der Waals surface area contributed by atoms with Crippen LogP contribution in [0.2, 0.25) is 0 Å². The van der Waals surface area contributed by atoms with Gasteiger partial charge >= 0.3 is 0 Å². The fraction of sp³-hybridized carbons (Fsp3) is 0.900. The van der Waals surface area contributed by atoms with E-state index in [1.54, 1.807) is 11.8 Å². The highest BCUT2D eigenvalue weighted by molar-refractivity contribution is 8.00. The maximum Gasteiger partial charge on any atom is 0.104 e. The van der Waals surface area contributed by atoms with Gasteiger partial charge in [-0.15, -0.1) is 11.8 Å². The first kappa shape index (κ1) is 11.8. The van der Waals surface area contributed by atoms with Crippen molar-refractivity contribution in [3.05, 3.63) is 0 Å². The molecule has 0 radical (unpaired) electrons. The maximum atomic E-state index is 9.08. The van der Waals surface area contributed by atoms with E-state index in [2.05, 4.69) is 11.0 Å². The van der Waals surface area contributed by atoms with Crippen molar-refractivity contribution in [1.29, 1.82) is 5.26 Å². The van der Waals surface area contributed by atoms with Gasteiger partial charge in [0.25, 0.3) is 0 Å². The van der Waals surface area contributed by atoms with Gasteiger partial charge in [-0.1, -0.05) is 0 Å². The fourth-order valence-electron chi connectivity index (χ4n) is 1.80. The zero-order chi connectivity index (χ0) is 10.6. The van der Waals surface area contributed by atoms with Gasteiger partial charge in [0.05, 0.1) is 12.7 Å². The number of thioether (sulfide) groups is 1. The largest absolute Gasteiger partial charge is 0.395 e. The van der Waals surface area contributed by atoms with Crippen LogP contribution in [0.5, 0.6) is 0 Å². The second-order valence-electron chi connectivity index (χ2n) is 3.88. The number of aliphatic hydroxyl groups excluding tert-OH is 1. The van der Waals surface area contributed by atoms with Crippen LogP contribution in [0, 0.1) is 11.3 Å². The van der Waals surface area contributed by atoms with Crippen LogP contribution in [-0.2, 0) is 0 Å². The molecule has 4 heteroatoms. The molecule has 1 heterocycles. The van der Waals surface area contributed by atoms with Gasteiger partial charge in [-0.2, -0.15) is 5.26 Å². The molecule has 0 saturated carbocycles. The normalized spacial score (nSPS) is 24.1. The van der Waals surface area contributed by atoms with E-state index >= 15 is 0 Å². The van der Waals surface area contributed by atoms with Crippen molar-refractivity contribution in [2.75, 3.05) is 26.0 Å². The molecule has 1 unspecified atom stereocenters. The number of nitriles is 1. The molecule has 0 amide bonds. The number of hydrogen-bond donors (Lipinski definition) is 1. The molecule has 0 bridgehead atoms. The summed E-state index contributed by atoms with van der Waals surface area (Å²) in [4.78, 5) is 2.26. The van der Waals surface area contributed by atoms with Crippen LogP contribution in [-0.4, -0.2) is 46.7 Å². The number of aliphatic hydroxyl groups is 1. The van der Waals surface area contributed by atoms with Crippen molar-refractivity contribution in [2.45, 2.75) is 30.6 Å². The summed E-state index contributed by atoms with van der Waals surface area (Å²) in [6.45, 7) is 4.09. The minimum Gasteiger partial charge on any atom is -0.395 e. The molecule has 1 aliphatic heterocycles. The van der Waals surface area contributed by atoms with Crippen LogP contribution in [0.25, 0.3) is 0 Å². The van der Waals surface area contributed by atoms with E-state index < -0.39 is 0 Å². The van der Waals surface area contributed by atoms with E-state index in [-0.39, 0.29) is 17.4 Å². The Morgan fingerprint density at radius 2 is 2.14 bits per heavy atom. The zero-order valence-corrected chi connectivity index (χ0v) is 9.68. The minimum atomic E-state index is -0.175. The highest BCUT2D eigenvalue weighted by Gasteiger charge is 2.34. The summed E-state index contributed by atoms with van der Waals surface area (Å²) in [5.74, 6) is 0. The van der Waals surface area contributed by atoms with Crippen LogP contribution >= 0.6 is 11.8 Å². The molecule has 1 rings (SSSR count). The van der Waals surface area contributed by atoms with Crippen molar-refractivity contribution in [3.8, 4) is 6.07 Å². The van der Waals surface area contributed by atoms with Crippen molar-refractivity contribution < 1.29 is 5.11 Å². The first-order valence-corrected chi connectivity index (χ1v) is 6.21. The van der Waals surface area contributed by atoms with Crippen LogP contribution in [0.15, 0.2) is 0 Å². The van der Waals surface area contributed by atoms with Gasteiger partial charge in [-0.3, -0.25) is 4.90 Å². The summed E-state index contributed by atoms with van der Waals surface area (Å²) in [6.07, 6.45) is 3.83. The summed E-state index contributed by atoms with van der Waals surface area (Å²) in [7, 11) is 0. The van der Waals surface area contributed by atoms with Gasteiger partial charge in [0.15, 0.2) is 0 Å². The van der Waals surface area contributed by atoms with Gasteiger partial charge in [-0.25, -0.2) is 0 Å². The second kappa shape index (κ2) is 5.01. The summed E-state index contributed by atoms with van der Waals surface area (Å²) in [6, 6.07) is 2.65. The Kier molecular flexibility index (Phi) is 4.24. The lowest BCUT2D eigenvalue weighted by atomic mass is 9.96. The zero-order valence-electron chi connectivity index (χ0n) is 8.86. The Morgan fingerprint density at radius 1 is 1.57 bits per heavy atom. The lowest BCUT2D eigenvalue weighted by Crippen LogP contribution is -2.46. The first-order valence-electron chi connectivity index (χ1n) is 4.99. The molecular formula is C10H18N2OS. The number of likely N-dealkylation sites (tertiary alicyclic amines) is 1. The number of nitrogens with zero attached hydrogens (tertiary/aromatic N) is 2. The van der Waals surface area contributed by atoms with E-state index in [0.717, 1.165) is 25.9 Å². The minimum absolute atomic E-state index is 0.175. The molecule has 1 atom stereocenters. The summed E-state index contributed by atoms with van der Waals surface area (Å²) in [5, 5.41) is 18.1. The predicted octanol–water partition coefficient (Wildman–Crippen LogP) is 1.09. The van der Waals surface area contributed by atoms with E-state index in [1.807, 2.05) is 13.2 Å². The van der Waals surface area contributed by atoms with Gasteiger partial charge in [0, 0.05) is 19.1 Å². The monoisotopic (exact) mass is 214 g/mol. The summed E-state index contributed by atoms with van der Waals surface area (Å²) in [5.41, 5.74) is 0. The predicted molar refractivity (Wildman–Crippen MR) is 59.2 cm³/mol. The van der Waals surface area contributed by atoms with Gasteiger partial charge in [-0.05, 0) is 26.0 Å². The van der Waals surface area contributed by atoms with Crippen LogP contribution in [0.1, 0.15) is 19.8 Å². The molecular weight excluding hydrogens is 196 g/mol. The quantitative estimate of drug-likeness (QED) is 0.764. The van der Waals surface area contributed by atoms with Crippen LogP contribution in [0.3, 0.4) is 0 Å². The third-order valence-electron chi connectivity index (χ3n) is 3.09.